The van der Waals surface area contributed by atoms with Gasteiger partial charge in [-0.25, -0.2) is 0 Å². The predicted octanol–water partition coefficient (Wildman–Crippen LogP) is 7.60. The van der Waals surface area contributed by atoms with Gasteiger partial charge >= 0.3 is 0 Å². The zero-order valence-corrected chi connectivity index (χ0v) is 30.9. The summed E-state index contributed by atoms with van der Waals surface area (Å²) in [6.45, 7) is 30.3. The van der Waals surface area contributed by atoms with Crippen LogP contribution in [0.1, 0.15) is 109 Å². The first-order valence-corrected chi connectivity index (χ1v) is 17.5. The van der Waals surface area contributed by atoms with E-state index in [2.05, 4.69) is 64.1 Å². The highest BCUT2D eigenvalue weighted by atomic mass is 32.2. The summed E-state index contributed by atoms with van der Waals surface area (Å²) in [5.74, 6) is 1.50. The standard InChI is InChI=1S/C10H21N.C9H18O.2C7H11NO2S/c1-10(2,3)9-5-7-11(4)8-6-9;1-9(2,3)8-4-6-10-7-5-8;2*1-7(2,3)4-5(9)8-6(10)11-4/h9H,5-8H2,1-4H3;8H,4-7H2,1-3H3;2*4H,1-3H3,(H,8,9,10). The molecular formula is C33H61N3O5S2. The molecule has 250 valence electrons. The van der Waals surface area contributed by atoms with Crippen molar-refractivity contribution in [3.05, 3.63) is 0 Å². The second kappa shape index (κ2) is 16.5. The number of hydrogen-bond donors (Lipinski definition) is 2. The Morgan fingerprint density at radius 3 is 1.12 bits per heavy atom. The maximum absolute atomic E-state index is 11.1. The van der Waals surface area contributed by atoms with Gasteiger partial charge in [-0.05, 0) is 79.3 Å². The molecule has 2 atom stereocenters. The lowest BCUT2D eigenvalue weighted by Gasteiger charge is -2.37. The third kappa shape index (κ3) is 14.7. The molecule has 2 unspecified atom stereocenters. The zero-order valence-electron chi connectivity index (χ0n) is 29.3. The number of hydrogen-bond acceptors (Lipinski definition) is 8. The smallest absolute Gasteiger partial charge is 0.286 e. The van der Waals surface area contributed by atoms with Gasteiger partial charge in [0.05, 0.1) is 10.5 Å². The monoisotopic (exact) mass is 643 g/mol. The Hall–Kier alpha value is -1.10. The number of thioether (sulfide) groups is 2. The van der Waals surface area contributed by atoms with E-state index in [4.69, 9.17) is 4.74 Å². The maximum atomic E-state index is 11.1. The van der Waals surface area contributed by atoms with Crippen LogP contribution in [0.2, 0.25) is 0 Å². The number of nitrogens with zero attached hydrogens (tertiary/aromatic N) is 1. The second-order valence-corrected chi connectivity index (χ2v) is 18.6. The molecule has 4 amide bonds. The number of rotatable bonds is 0. The van der Waals surface area contributed by atoms with Crippen LogP contribution in [0.4, 0.5) is 9.59 Å². The van der Waals surface area contributed by atoms with Gasteiger partial charge in [-0.15, -0.1) is 0 Å². The fourth-order valence-corrected chi connectivity index (χ4v) is 7.08. The number of carbonyl (C=O) groups is 4. The number of imide groups is 2. The van der Waals surface area contributed by atoms with Crippen LogP contribution in [0.5, 0.6) is 0 Å². The Morgan fingerprint density at radius 1 is 0.581 bits per heavy atom. The number of nitrogens with one attached hydrogen (secondary N) is 2. The Labute approximate surface area is 270 Å². The third-order valence-electron chi connectivity index (χ3n) is 8.34. The molecule has 0 aromatic heterocycles. The van der Waals surface area contributed by atoms with Gasteiger partial charge in [0.15, 0.2) is 0 Å². The van der Waals surface area contributed by atoms with E-state index in [-0.39, 0.29) is 43.6 Å². The number of piperidine rings is 1. The summed E-state index contributed by atoms with van der Waals surface area (Å²) < 4.78 is 5.29. The third-order valence-corrected chi connectivity index (χ3v) is 11.3. The molecule has 4 aliphatic rings. The minimum atomic E-state index is -0.227. The molecule has 0 aliphatic carbocycles. The molecule has 10 heteroatoms. The SMILES string of the molecule is CC(C)(C)C1CCOCC1.CC(C)(C)C1SC(=O)NC1=O.CC(C)(C)C1SC(=O)NC1=O.CN1CCC(C(C)(C)C)CC1. The molecule has 0 saturated carbocycles. The van der Waals surface area contributed by atoms with Gasteiger partial charge in [0.1, 0.15) is 0 Å². The molecule has 43 heavy (non-hydrogen) atoms. The van der Waals surface area contributed by atoms with Crippen molar-refractivity contribution in [3.63, 3.8) is 0 Å². The summed E-state index contributed by atoms with van der Waals surface area (Å²) >= 11 is 2.16. The number of carbonyl (C=O) groups excluding carboxylic acids is 4. The molecule has 4 rings (SSSR count). The van der Waals surface area contributed by atoms with E-state index in [1.165, 1.54) is 38.8 Å². The highest BCUT2D eigenvalue weighted by Crippen LogP contribution is 2.36. The summed E-state index contributed by atoms with van der Waals surface area (Å²) in [5.41, 5.74) is 0.743. The summed E-state index contributed by atoms with van der Waals surface area (Å²) in [7, 11) is 2.22. The fraction of sp³-hybridized carbons (Fsp3) is 0.879. The van der Waals surface area contributed by atoms with Crippen molar-refractivity contribution in [2.24, 2.45) is 33.5 Å². The van der Waals surface area contributed by atoms with Crippen LogP contribution in [-0.4, -0.2) is 71.0 Å². The maximum Gasteiger partial charge on any atom is 0.286 e. The van der Waals surface area contributed by atoms with Crippen LogP contribution in [0.25, 0.3) is 0 Å². The Balaban J connectivity index is 0.000000287. The van der Waals surface area contributed by atoms with Crippen LogP contribution < -0.4 is 10.6 Å². The molecule has 0 bridgehead atoms. The van der Waals surface area contributed by atoms with Crippen molar-refractivity contribution in [3.8, 4) is 0 Å². The molecular weight excluding hydrogens is 583 g/mol. The Kier molecular flexibility index (Phi) is 15.3. The largest absolute Gasteiger partial charge is 0.381 e. The molecule has 0 aromatic rings. The molecule has 2 N–H and O–H groups in total. The zero-order chi connectivity index (χ0) is 33.4. The van der Waals surface area contributed by atoms with Gasteiger partial charge in [-0.1, -0.05) is 107 Å². The molecule has 0 aromatic carbocycles. The van der Waals surface area contributed by atoms with E-state index in [1.807, 2.05) is 41.5 Å². The van der Waals surface area contributed by atoms with Gasteiger partial charge < -0.3 is 9.64 Å². The highest BCUT2D eigenvalue weighted by molar-refractivity contribution is 8.15. The van der Waals surface area contributed by atoms with Crippen molar-refractivity contribution >= 4 is 45.8 Å². The van der Waals surface area contributed by atoms with Crippen LogP contribution in [-0.2, 0) is 14.3 Å². The average Bonchev–Trinajstić information content (AvgIpc) is 3.39. The number of likely N-dealkylation sites (tertiary alicyclic amines) is 1. The van der Waals surface area contributed by atoms with Crippen LogP contribution in [0.15, 0.2) is 0 Å². The van der Waals surface area contributed by atoms with E-state index in [0.29, 0.717) is 10.8 Å². The quantitative estimate of drug-likeness (QED) is 0.278. The van der Waals surface area contributed by atoms with E-state index in [0.717, 1.165) is 48.6 Å². The molecule has 0 spiro atoms. The first kappa shape index (κ1) is 39.9. The first-order valence-electron chi connectivity index (χ1n) is 15.7. The van der Waals surface area contributed by atoms with Crippen LogP contribution in [0.3, 0.4) is 0 Å². The van der Waals surface area contributed by atoms with E-state index in [1.54, 1.807) is 0 Å². The minimum absolute atomic E-state index is 0.138. The Morgan fingerprint density at radius 2 is 0.907 bits per heavy atom. The lowest BCUT2D eigenvalue weighted by atomic mass is 9.75. The number of amides is 4. The van der Waals surface area contributed by atoms with Crippen molar-refractivity contribution < 1.29 is 23.9 Å². The first-order chi connectivity index (χ1) is 19.4. The summed E-state index contributed by atoms with van der Waals surface area (Å²) in [6, 6.07) is 0. The lowest BCUT2D eigenvalue weighted by Crippen LogP contribution is -2.35. The van der Waals surface area contributed by atoms with Crippen molar-refractivity contribution in [2.45, 2.75) is 119 Å². The number of ether oxygens (including phenoxy) is 1. The van der Waals surface area contributed by atoms with Crippen molar-refractivity contribution in [1.82, 2.24) is 15.5 Å². The molecule has 0 radical (unpaired) electrons. The molecule has 4 saturated heterocycles. The van der Waals surface area contributed by atoms with Crippen molar-refractivity contribution in [2.75, 3.05) is 33.4 Å². The molecule has 8 nitrogen and oxygen atoms in total. The van der Waals surface area contributed by atoms with Gasteiger partial charge in [-0.3, -0.25) is 29.8 Å². The molecule has 4 heterocycles. The van der Waals surface area contributed by atoms with Crippen molar-refractivity contribution in [1.29, 1.82) is 0 Å². The second-order valence-electron chi connectivity index (χ2n) is 16.5. The van der Waals surface area contributed by atoms with Gasteiger partial charge in [0.25, 0.3) is 10.5 Å². The molecule has 4 fully saturated rings. The lowest BCUT2D eigenvalue weighted by molar-refractivity contribution is -0.121. The summed E-state index contributed by atoms with van der Waals surface area (Å²) in [6.07, 6.45) is 5.28. The van der Waals surface area contributed by atoms with E-state index >= 15 is 0 Å². The normalized spacial score (nSPS) is 24.6. The summed E-state index contributed by atoms with van der Waals surface area (Å²) in [4.78, 5) is 46.1. The minimum Gasteiger partial charge on any atom is -0.381 e. The van der Waals surface area contributed by atoms with Gasteiger partial charge in [-0.2, -0.15) is 0 Å². The fourth-order valence-electron chi connectivity index (χ4n) is 5.29. The predicted molar refractivity (Wildman–Crippen MR) is 181 cm³/mol. The highest BCUT2D eigenvalue weighted by Gasteiger charge is 2.40. The van der Waals surface area contributed by atoms with Gasteiger partial charge in [0.2, 0.25) is 11.8 Å². The van der Waals surface area contributed by atoms with E-state index in [9.17, 15) is 19.2 Å². The Bertz CT molecular complexity index is 884. The summed E-state index contributed by atoms with van der Waals surface area (Å²) in [5, 5.41) is 3.61. The van der Waals surface area contributed by atoms with Crippen LogP contribution in [0, 0.1) is 33.5 Å². The van der Waals surface area contributed by atoms with Crippen LogP contribution >= 0.6 is 23.5 Å². The van der Waals surface area contributed by atoms with Gasteiger partial charge in [0, 0.05) is 13.2 Å². The van der Waals surface area contributed by atoms with E-state index < -0.39 is 0 Å². The topological polar surface area (TPSA) is 105 Å². The average molecular weight is 644 g/mol. The molecule has 4 aliphatic heterocycles.